The number of nitrogens with zero attached hydrogens (tertiary/aromatic N) is 5. The Bertz CT molecular complexity index is 1240. The molecule has 168 valence electrons. The summed E-state index contributed by atoms with van der Waals surface area (Å²) in [4.78, 5) is 51.5. The summed E-state index contributed by atoms with van der Waals surface area (Å²) in [7, 11) is 1.37. The standard InChI is InChI=1S/C19H19FN6O5S/c1-31-26(14(27)2-3-21)10-7-24(8-10)17-13(20)6-11-15(28)12(18(29)30)9-25(16(11)23-17)19-22-4-5-32-19/h4-6,9-10H,2-3,7-8,21H2,1H3,(H,29,30). The summed E-state index contributed by atoms with van der Waals surface area (Å²) in [6.45, 7) is 0.700. The number of hydroxylamine groups is 2. The number of rotatable bonds is 7. The lowest BCUT2D eigenvalue weighted by atomic mass is 10.1. The van der Waals surface area contributed by atoms with Crippen molar-refractivity contribution >= 4 is 40.1 Å². The van der Waals surface area contributed by atoms with Crippen LogP contribution in [-0.2, 0) is 9.63 Å². The molecule has 0 radical (unpaired) electrons. The van der Waals surface area contributed by atoms with E-state index in [-0.39, 0.29) is 54.9 Å². The highest BCUT2D eigenvalue weighted by Crippen LogP contribution is 2.28. The van der Waals surface area contributed by atoms with Crippen molar-refractivity contribution in [3.63, 3.8) is 0 Å². The number of carboxylic acid groups (broad SMARTS) is 1. The molecule has 3 aromatic heterocycles. The SMILES string of the molecule is CON(C(=O)CCN)C1CN(c2nc3c(cc2F)c(=O)c(C(=O)O)cn3-c2nccs2)C1. The lowest BCUT2D eigenvalue weighted by Crippen LogP contribution is -2.61. The number of halogens is 1. The maximum atomic E-state index is 14.9. The summed E-state index contributed by atoms with van der Waals surface area (Å²) in [5.41, 5.74) is 4.16. The third-order valence-corrected chi connectivity index (χ3v) is 5.83. The number of hydrogen-bond donors (Lipinski definition) is 2. The van der Waals surface area contributed by atoms with E-state index in [9.17, 15) is 23.9 Å². The van der Waals surface area contributed by atoms with Gasteiger partial charge in [-0.1, -0.05) is 0 Å². The average molecular weight is 462 g/mol. The van der Waals surface area contributed by atoms with Crippen molar-refractivity contribution in [3.8, 4) is 5.13 Å². The van der Waals surface area contributed by atoms with Crippen LogP contribution in [0, 0.1) is 5.82 Å². The minimum atomic E-state index is -1.43. The first-order valence-electron chi connectivity index (χ1n) is 9.56. The highest BCUT2D eigenvalue weighted by molar-refractivity contribution is 7.12. The van der Waals surface area contributed by atoms with Crippen LogP contribution in [0.5, 0.6) is 0 Å². The van der Waals surface area contributed by atoms with E-state index in [0.717, 1.165) is 12.3 Å². The number of aromatic nitrogens is 3. The molecule has 11 nitrogen and oxygen atoms in total. The molecule has 1 fully saturated rings. The summed E-state index contributed by atoms with van der Waals surface area (Å²) in [5, 5.41) is 12.5. The number of carboxylic acids is 1. The second-order valence-corrected chi connectivity index (χ2v) is 7.90. The molecule has 1 amide bonds. The number of amides is 1. The molecule has 0 aliphatic carbocycles. The van der Waals surface area contributed by atoms with Crippen LogP contribution in [-0.4, -0.2) is 69.4 Å². The first-order chi connectivity index (χ1) is 15.3. The number of fused-ring (bicyclic) bond motifs is 1. The van der Waals surface area contributed by atoms with E-state index in [1.807, 2.05) is 0 Å². The summed E-state index contributed by atoms with van der Waals surface area (Å²) in [6.07, 6.45) is 2.78. The lowest BCUT2D eigenvalue weighted by molar-refractivity contribution is -0.190. The summed E-state index contributed by atoms with van der Waals surface area (Å²) in [5.74, 6) is -2.51. The van der Waals surface area contributed by atoms with Gasteiger partial charge in [0.25, 0.3) is 0 Å². The number of anilines is 1. The molecule has 0 aromatic carbocycles. The predicted octanol–water partition coefficient (Wildman–Crippen LogP) is 0.607. The maximum Gasteiger partial charge on any atom is 0.341 e. The molecule has 1 aliphatic heterocycles. The zero-order chi connectivity index (χ0) is 23.0. The number of nitrogens with two attached hydrogens (primary N) is 1. The lowest BCUT2D eigenvalue weighted by Gasteiger charge is -2.44. The molecular formula is C19H19FN6O5S. The molecule has 0 unspecified atom stereocenters. The quantitative estimate of drug-likeness (QED) is 0.483. The van der Waals surface area contributed by atoms with Crippen molar-refractivity contribution in [2.45, 2.75) is 12.5 Å². The monoisotopic (exact) mass is 462 g/mol. The molecule has 1 aliphatic rings. The van der Waals surface area contributed by atoms with Gasteiger partial charge in [0.1, 0.15) is 5.56 Å². The van der Waals surface area contributed by atoms with Gasteiger partial charge >= 0.3 is 5.97 Å². The van der Waals surface area contributed by atoms with Gasteiger partial charge in [-0.15, -0.1) is 11.3 Å². The van der Waals surface area contributed by atoms with Crippen LogP contribution in [0.15, 0.2) is 28.6 Å². The zero-order valence-corrected chi connectivity index (χ0v) is 17.7. The number of carbonyl (C=O) groups excluding carboxylic acids is 1. The van der Waals surface area contributed by atoms with Crippen LogP contribution in [0.4, 0.5) is 10.2 Å². The predicted molar refractivity (Wildman–Crippen MR) is 113 cm³/mol. The van der Waals surface area contributed by atoms with Gasteiger partial charge in [0.2, 0.25) is 11.3 Å². The third kappa shape index (κ3) is 3.70. The van der Waals surface area contributed by atoms with E-state index in [1.165, 1.54) is 34.3 Å². The minimum absolute atomic E-state index is 0.0242. The Balaban J connectivity index is 1.74. The van der Waals surface area contributed by atoms with E-state index in [1.54, 1.807) is 10.3 Å². The molecule has 3 N–H and O–H groups in total. The number of pyridine rings is 2. The van der Waals surface area contributed by atoms with Crippen LogP contribution >= 0.6 is 11.3 Å². The van der Waals surface area contributed by atoms with Gasteiger partial charge in [-0.2, -0.15) is 0 Å². The maximum absolute atomic E-state index is 14.9. The second kappa shape index (κ2) is 8.61. The molecule has 32 heavy (non-hydrogen) atoms. The van der Waals surface area contributed by atoms with E-state index in [0.29, 0.717) is 5.13 Å². The molecule has 13 heteroatoms. The summed E-state index contributed by atoms with van der Waals surface area (Å²) < 4.78 is 16.3. The first kappa shape index (κ1) is 21.8. The number of hydrogen-bond acceptors (Lipinski definition) is 9. The van der Waals surface area contributed by atoms with Crippen molar-refractivity contribution in [2.24, 2.45) is 5.73 Å². The van der Waals surface area contributed by atoms with Gasteiger partial charge in [0.05, 0.1) is 18.5 Å². The molecule has 0 atom stereocenters. The topological polar surface area (TPSA) is 144 Å². The second-order valence-electron chi connectivity index (χ2n) is 7.03. The van der Waals surface area contributed by atoms with Crippen molar-refractivity contribution in [3.05, 3.63) is 45.4 Å². The van der Waals surface area contributed by atoms with Gasteiger partial charge in [-0.05, 0) is 6.07 Å². The van der Waals surface area contributed by atoms with Crippen LogP contribution in [0.1, 0.15) is 16.8 Å². The smallest absolute Gasteiger partial charge is 0.341 e. The third-order valence-electron chi connectivity index (χ3n) is 5.06. The van der Waals surface area contributed by atoms with Crippen LogP contribution in [0.2, 0.25) is 0 Å². The van der Waals surface area contributed by atoms with E-state index in [4.69, 9.17) is 10.6 Å². The van der Waals surface area contributed by atoms with Crippen molar-refractivity contribution < 1.29 is 23.9 Å². The van der Waals surface area contributed by atoms with Gasteiger partial charge in [0, 0.05) is 43.8 Å². The molecule has 3 aromatic rings. The minimum Gasteiger partial charge on any atom is -0.477 e. The van der Waals surface area contributed by atoms with Crippen molar-refractivity contribution in [1.29, 1.82) is 0 Å². The van der Waals surface area contributed by atoms with E-state index in [2.05, 4.69) is 9.97 Å². The first-order valence-corrected chi connectivity index (χ1v) is 10.4. The Morgan fingerprint density at radius 1 is 1.44 bits per heavy atom. The van der Waals surface area contributed by atoms with Crippen molar-refractivity contribution in [2.75, 3.05) is 31.6 Å². The van der Waals surface area contributed by atoms with Gasteiger partial charge in [0.15, 0.2) is 22.4 Å². The van der Waals surface area contributed by atoms with Gasteiger partial charge in [-0.25, -0.2) is 24.2 Å². The van der Waals surface area contributed by atoms with E-state index >= 15 is 0 Å². The molecule has 0 saturated carbocycles. The fourth-order valence-corrected chi connectivity index (χ4v) is 4.15. The van der Waals surface area contributed by atoms with E-state index < -0.39 is 22.8 Å². The molecule has 4 heterocycles. The Kier molecular flexibility index (Phi) is 5.86. The molecule has 0 bridgehead atoms. The Morgan fingerprint density at radius 3 is 2.78 bits per heavy atom. The molecule has 4 rings (SSSR count). The Hall–Kier alpha value is -3.42. The number of aromatic carboxylic acids is 1. The summed E-state index contributed by atoms with van der Waals surface area (Å²) >= 11 is 1.21. The fourth-order valence-electron chi connectivity index (χ4n) is 3.53. The average Bonchev–Trinajstić information content (AvgIpc) is 3.25. The number of thiazole rings is 1. The fraction of sp³-hybridized carbons (Fsp3) is 0.316. The van der Waals surface area contributed by atoms with Crippen LogP contribution < -0.4 is 16.1 Å². The highest BCUT2D eigenvalue weighted by Gasteiger charge is 2.37. The highest BCUT2D eigenvalue weighted by atomic mass is 32.1. The van der Waals surface area contributed by atoms with Crippen molar-refractivity contribution in [1.82, 2.24) is 19.6 Å². The normalized spacial score (nSPS) is 13.9. The Morgan fingerprint density at radius 2 is 2.19 bits per heavy atom. The summed E-state index contributed by atoms with van der Waals surface area (Å²) in [6, 6.07) is 0.670. The number of carbonyl (C=O) groups is 2. The molecule has 1 saturated heterocycles. The largest absolute Gasteiger partial charge is 0.477 e. The van der Waals surface area contributed by atoms with Crippen LogP contribution in [0.3, 0.4) is 0 Å². The zero-order valence-electron chi connectivity index (χ0n) is 16.9. The van der Waals surface area contributed by atoms with Crippen LogP contribution in [0.25, 0.3) is 16.2 Å². The van der Waals surface area contributed by atoms with Gasteiger partial charge < -0.3 is 15.7 Å². The molecule has 0 spiro atoms. The Labute approximate surface area is 184 Å². The van der Waals surface area contributed by atoms with Gasteiger partial charge in [-0.3, -0.25) is 19.0 Å². The molecular weight excluding hydrogens is 443 g/mol.